The number of para-hydroxylation sites is 1. The topological polar surface area (TPSA) is 98.2 Å². The number of aliphatic imine (C=N–C) groups is 1. The van der Waals surface area contributed by atoms with Gasteiger partial charge in [-0.05, 0) is 43.3 Å². The van der Waals surface area contributed by atoms with Crippen molar-refractivity contribution in [1.82, 2.24) is 5.32 Å². The van der Waals surface area contributed by atoms with E-state index in [1.807, 2.05) is 0 Å². The van der Waals surface area contributed by atoms with Gasteiger partial charge >= 0.3 is 0 Å². The standard InChI is InChI=1S/C27H24Cl2FN3O5/c1-3-37-22-13-15(28)12-19(29)23(22)24-17-6-4-5-7-20(17)31-27(35)25(32-24)33-26(34)18-14-16(30)8-9-21(18)38-11-10-36-2/h4-9,12-14,25H,3,10-11H2,1-2H3,(H,31,35)(H,33,34). The van der Waals surface area contributed by atoms with Crippen molar-refractivity contribution in [2.45, 2.75) is 13.1 Å². The van der Waals surface area contributed by atoms with Gasteiger partial charge in [0.25, 0.3) is 11.8 Å². The second-order valence-electron chi connectivity index (χ2n) is 8.06. The maximum Gasteiger partial charge on any atom is 0.269 e. The molecular weight excluding hydrogens is 536 g/mol. The van der Waals surface area contributed by atoms with Crippen molar-refractivity contribution in [2.24, 2.45) is 4.99 Å². The molecule has 4 rings (SSSR count). The molecule has 0 saturated heterocycles. The van der Waals surface area contributed by atoms with Gasteiger partial charge in [-0.3, -0.25) is 9.59 Å². The van der Waals surface area contributed by atoms with Gasteiger partial charge in [0, 0.05) is 17.7 Å². The lowest BCUT2D eigenvalue weighted by atomic mass is 9.99. The van der Waals surface area contributed by atoms with E-state index in [0.29, 0.717) is 39.9 Å². The molecule has 1 heterocycles. The van der Waals surface area contributed by atoms with Crippen LogP contribution in [0.3, 0.4) is 0 Å². The van der Waals surface area contributed by atoms with E-state index in [9.17, 15) is 14.0 Å². The van der Waals surface area contributed by atoms with Crippen molar-refractivity contribution >= 4 is 46.4 Å². The zero-order chi connectivity index (χ0) is 27.2. The summed E-state index contributed by atoms with van der Waals surface area (Å²) in [5.41, 5.74) is 1.60. The number of hydrogen-bond acceptors (Lipinski definition) is 6. The lowest BCUT2D eigenvalue weighted by Gasteiger charge is -2.17. The van der Waals surface area contributed by atoms with E-state index in [-0.39, 0.29) is 29.5 Å². The Morgan fingerprint density at radius 2 is 1.87 bits per heavy atom. The number of benzene rings is 3. The fourth-order valence-corrected chi connectivity index (χ4v) is 4.41. The summed E-state index contributed by atoms with van der Waals surface area (Å²) in [5, 5.41) is 5.95. The molecular formula is C27H24Cl2FN3O5. The van der Waals surface area contributed by atoms with Gasteiger partial charge in [-0.1, -0.05) is 41.4 Å². The quantitative estimate of drug-likeness (QED) is 0.355. The van der Waals surface area contributed by atoms with Crippen molar-refractivity contribution in [3.8, 4) is 11.5 Å². The molecule has 0 aliphatic carbocycles. The number of carbonyl (C=O) groups is 2. The number of ether oxygens (including phenoxy) is 3. The molecule has 0 spiro atoms. The summed E-state index contributed by atoms with van der Waals surface area (Å²) in [6, 6.07) is 13.6. The number of carbonyl (C=O) groups excluding carboxylic acids is 2. The highest BCUT2D eigenvalue weighted by Crippen LogP contribution is 2.36. The molecule has 11 heteroatoms. The first kappa shape index (κ1) is 27.4. The van der Waals surface area contributed by atoms with Crippen molar-refractivity contribution in [2.75, 3.05) is 32.2 Å². The molecule has 198 valence electrons. The summed E-state index contributed by atoms with van der Waals surface area (Å²) in [6.07, 6.45) is -1.40. The van der Waals surface area contributed by atoms with Crippen LogP contribution in [0.1, 0.15) is 28.4 Å². The third-order valence-electron chi connectivity index (χ3n) is 5.50. The lowest BCUT2D eigenvalue weighted by Crippen LogP contribution is -2.42. The number of hydrogen-bond donors (Lipinski definition) is 2. The normalized spacial score (nSPS) is 14.6. The highest BCUT2D eigenvalue weighted by molar-refractivity contribution is 6.39. The maximum absolute atomic E-state index is 14.1. The van der Waals surface area contributed by atoms with Crippen LogP contribution >= 0.6 is 23.2 Å². The maximum atomic E-state index is 14.1. The molecule has 0 aromatic heterocycles. The molecule has 3 aromatic carbocycles. The number of nitrogens with one attached hydrogen (secondary N) is 2. The number of anilines is 1. The summed E-state index contributed by atoms with van der Waals surface area (Å²) < 4.78 is 30.4. The summed E-state index contributed by atoms with van der Waals surface area (Å²) in [7, 11) is 1.50. The predicted octanol–water partition coefficient (Wildman–Crippen LogP) is 5.10. The van der Waals surface area contributed by atoms with Crippen LogP contribution < -0.4 is 20.1 Å². The zero-order valence-corrected chi connectivity index (χ0v) is 22.0. The summed E-state index contributed by atoms with van der Waals surface area (Å²) in [4.78, 5) is 31.1. The summed E-state index contributed by atoms with van der Waals surface area (Å²) in [6.45, 7) is 2.53. The number of halogens is 3. The average molecular weight is 560 g/mol. The smallest absolute Gasteiger partial charge is 0.269 e. The summed E-state index contributed by atoms with van der Waals surface area (Å²) >= 11 is 12.8. The van der Waals surface area contributed by atoms with Gasteiger partial charge in [-0.2, -0.15) is 0 Å². The molecule has 2 amide bonds. The number of methoxy groups -OCH3 is 1. The van der Waals surface area contributed by atoms with E-state index < -0.39 is 23.8 Å². The molecule has 1 aliphatic heterocycles. The highest BCUT2D eigenvalue weighted by atomic mass is 35.5. The van der Waals surface area contributed by atoms with Gasteiger partial charge in [0.1, 0.15) is 23.9 Å². The number of benzodiazepines with no additional fused rings is 1. The van der Waals surface area contributed by atoms with E-state index >= 15 is 0 Å². The Hall–Kier alpha value is -3.66. The molecule has 3 aromatic rings. The molecule has 8 nitrogen and oxygen atoms in total. The minimum Gasteiger partial charge on any atom is -0.493 e. The molecule has 2 N–H and O–H groups in total. The van der Waals surface area contributed by atoms with Crippen LogP contribution in [0.25, 0.3) is 0 Å². The highest BCUT2D eigenvalue weighted by Gasteiger charge is 2.30. The molecule has 0 bridgehead atoms. The average Bonchev–Trinajstić information content (AvgIpc) is 3.01. The molecule has 0 radical (unpaired) electrons. The Bertz CT molecular complexity index is 1400. The van der Waals surface area contributed by atoms with Crippen molar-refractivity contribution < 1.29 is 28.2 Å². The Balaban J connectivity index is 1.78. The van der Waals surface area contributed by atoms with Crippen LogP contribution in [0.2, 0.25) is 10.0 Å². The second-order valence-corrected chi connectivity index (χ2v) is 8.91. The molecule has 1 aliphatic rings. The third-order valence-corrected chi connectivity index (χ3v) is 6.02. The zero-order valence-electron chi connectivity index (χ0n) is 20.5. The predicted molar refractivity (Wildman–Crippen MR) is 143 cm³/mol. The Kier molecular flexibility index (Phi) is 8.83. The van der Waals surface area contributed by atoms with E-state index in [2.05, 4.69) is 15.6 Å². The van der Waals surface area contributed by atoms with E-state index in [1.54, 1.807) is 37.3 Å². The minimum atomic E-state index is -1.40. The molecule has 1 atom stereocenters. The van der Waals surface area contributed by atoms with Crippen LogP contribution in [0.5, 0.6) is 11.5 Å². The third kappa shape index (κ3) is 6.07. The fourth-order valence-electron chi connectivity index (χ4n) is 3.85. The van der Waals surface area contributed by atoms with Gasteiger partial charge < -0.3 is 24.8 Å². The lowest BCUT2D eigenvalue weighted by molar-refractivity contribution is -0.117. The van der Waals surface area contributed by atoms with Crippen molar-refractivity contribution in [3.63, 3.8) is 0 Å². The molecule has 0 fully saturated rings. The van der Waals surface area contributed by atoms with Crippen LogP contribution in [-0.4, -0.2) is 50.6 Å². The molecule has 1 unspecified atom stereocenters. The molecule has 0 saturated carbocycles. The minimum absolute atomic E-state index is 0.105. The first-order valence-electron chi connectivity index (χ1n) is 11.6. The van der Waals surface area contributed by atoms with Crippen LogP contribution in [0.4, 0.5) is 10.1 Å². The van der Waals surface area contributed by atoms with E-state index in [0.717, 1.165) is 6.07 Å². The number of rotatable bonds is 9. The fraction of sp³-hybridized carbons (Fsp3) is 0.222. The van der Waals surface area contributed by atoms with Crippen LogP contribution in [-0.2, 0) is 9.53 Å². The summed E-state index contributed by atoms with van der Waals surface area (Å²) in [5.74, 6) is -1.54. The van der Waals surface area contributed by atoms with Gasteiger partial charge in [0.05, 0.1) is 40.8 Å². The van der Waals surface area contributed by atoms with Gasteiger partial charge in [0.15, 0.2) is 0 Å². The second kappa shape index (κ2) is 12.3. The first-order valence-corrected chi connectivity index (χ1v) is 12.4. The van der Waals surface area contributed by atoms with E-state index in [4.69, 9.17) is 37.4 Å². The Labute approximate surface area is 228 Å². The first-order chi connectivity index (χ1) is 18.3. The van der Waals surface area contributed by atoms with Gasteiger partial charge in [-0.25, -0.2) is 9.38 Å². The van der Waals surface area contributed by atoms with Crippen molar-refractivity contribution in [3.05, 3.63) is 87.2 Å². The monoisotopic (exact) mass is 559 g/mol. The number of fused-ring (bicyclic) bond motifs is 1. The number of amides is 2. The van der Waals surface area contributed by atoms with Gasteiger partial charge in [0.2, 0.25) is 6.17 Å². The van der Waals surface area contributed by atoms with Crippen molar-refractivity contribution in [1.29, 1.82) is 0 Å². The SMILES string of the molecule is CCOc1cc(Cl)cc(Cl)c1C1=NC(NC(=O)c2cc(F)ccc2OCCOC)C(=O)Nc2ccccc21. The number of nitrogens with zero attached hydrogens (tertiary/aromatic N) is 1. The Morgan fingerprint density at radius 3 is 2.63 bits per heavy atom. The Morgan fingerprint density at radius 1 is 1.08 bits per heavy atom. The largest absolute Gasteiger partial charge is 0.493 e. The molecule has 38 heavy (non-hydrogen) atoms. The van der Waals surface area contributed by atoms with Crippen LogP contribution in [0.15, 0.2) is 59.6 Å². The van der Waals surface area contributed by atoms with Gasteiger partial charge in [-0.15, -0.1) is 0 Å². The van der Waals surface area contributed by atoms with Crippen LogP contribution in [0, 0.1) is 5.82 Å². The van der Waals surface area contributed by atoms with E-state index in [1.165, 1.54) is 25.3 Å².